The number of likely N-dealkylation sites (tertiary alicyclic amines) is 1. The SMILES string of the molecule is CN1CCN(CCCCCF)C[C@@]12CCC(=O)N(CC1CC1)CC2. The molecular formula is C19H34FN3O. The highest BCUT2D eigenvalue weighted by Crippen LogP contribution is 2.35. The number of carbonyl (C=O) groups is 1. The fraction of sp³-hybridized carbons (Fsp3) is 0.947. The van der Waals surface area contributed by atoms with Crippen LogP contribution in [0.4, 0.5) is 4.39 Å². The molecule has 4 nitrogen and oxygen atoms in total. The normalized spacial score (nSPS) is 30.1. The van der Waals surface area contributed by atoms with Crippen molar-refractivity contribution >= 4 is 5.91 Å². The van der Waals surface area contributed by atoms with E-state index in [4.69, 9.17) is 0 Å². The molecule has 1 amide bonds. The van der Waals surface area contributed by atoms with Gasteiger partial charge in [-0.25, -0.2) is 0 Å². The zero-order valence-corrected chi connectivity index (χ0v) is 15.3. The second-order valence-electron chi connectivity index (χ2n) is 8.20. The summed E-state index contributed by atoms with van der Waals surface area (Å²) >= 11 is 0. The summed E-state index contributed by atoms with van der Waals surface area (Å²) in [6, 6.07) is 0. The lowest BCUT2D eigenvalue weighted by Gasteiger charge is -2.49. The van der Waals surface area contributed by atoms with Gasteiger partial charge >= 0.3 is 0 Å². The molecule has 0 radical (unpaired) electrons. The molecule has 2 heterocycles. The molecule has 1 spiro atoms. The second-order valence-corrected chi connectivity index (χ2v) is 8.20. The first-order valence-electron chi connectivity index (χ1n) is 9.90. The molecule has 1 aliphatic carbocycles. The zero-order valence-electron chi connectivity index (χ0n) is 15.3. The first-order valence-corrected chi connectivity index (χ1v) is 9.90. The number of piperazine rings is 1. The third-order valence-electron chi connectivity index (χ3n) is 6.37. The molecule has 3 rings (SSSR count). The summed E-state index contributed by atoms with van der Waals surface area (Å²) in [4.78, 5) is 19.7. The number of hydrogen-bond donors (Lipinski definition) is 0. The molecule has 0 aromatic carbocycles. The Morgan fingerprint density at radius 1 is 1.12 bits per heavy atom. The van der Waals surface area contributed by atoms with E-state index >= 15 is 0 Å². The van der Waals surface area contributed by atoms with Crippen molar-refractivity contribution in [2.45, 2.75) is 56.9 Å². The van der Waals surface area contributed by atoms with Crippen molar-refractivity contribution in [3.63, 3.8) is 0 Å². The summed E-state index contributed by atoms with van der Waals surface area (Å²) in [6.45, 7) is 6.07. The zero-order chi connectivity index (χ0) is 17.0. The Bertz CT molecular complexity index is 429. The summed E-state index contributed by atoms with van der Waals surface area (Å²) in [5, 5.41) is 0. The number of likely N-dealkylation sites (N-methyl/N-ethyl adjacent to an activating group) is 1. The first kappa shape index (κ1) is 18.1. The topological polar surface area (TPSA) is 26.8 Å². The van der Waals surface area contributed by atoms with Crippen LogP contribution in [-0.2, 0) is 4.79 Å². The molecule has 0 unspecified atom stereocenters. The quantitative estimate of drug-likeness (QED) is 0.667. The number of nitrogens with zero attached hydrogens (tertiary/aromatic N) is 3. The molecule has 0 aromatic rings. The largest absolute Gasteiger partial charge is 0.342 e. The molecule has 24 heavy (non-hydrogen) atoms. The summed E-state index contributed by atoms with van der Waals surface area (Å²) in [5.74, 6) is 1.14. The standard InChI is InChI=1S/C19H34FN3O/c1-21-13-14-22(11-4-2-3-10-20)16-19(21)8-7-18(24)23(12-9-19)15-17-5-6-17/h17H,2-16H2,1H3/t19-/m0/s1. The summed E-state index contributed by atoms with van der Waals surface area (Å²) in [6.07, 6.45) is 8.19. The van der Waals surface area contributed by atoms with Gasteiger partial charge in [0.2, 0.25) is 5.91 Å². The number of rotatable bonds is 7. The van der Waals surface area contributed by atoms with Crippen molar-refractivity contribution in [1.82, 2.24) is 14.7 Å². The minimum atomic E-state index is -0.189. The van der Waals surface area contributed by atoms with Gasteiger partial charge in [-0.15, -0.1) is 0 Å². The van der Waals surface area contributed by atoms with Gasteiger partial charge in [0, 0.05) is 44.7 Å². The van der Waals surface area contributed by atoms with Gasteiger partial charge in [-0.2, -0.15) is 0 Å². The highest BCUT2D eigenvalue weighted by Gasteiger charge is 2.42. The molecule has 5 heteroatoms. The van der Waals surface area contributed by atoms with Crippen LogP contribution in [0.15, 0.2) is 0 Å². The Hall–Kier alpha value is -0.680. The fourth-order valence-corrected chi connectivity index (χ4v) is 4.38. The van der Waals surface area contributed by atoms with Gasteiger partial charge in [-0.3, -0.25) is 14.1 Å². The average molecular weight is 339 g/mol. The molecule has 138 valence electrons. The van der Waals surface area contributed by atoms with Crippen LogP contribution in [0.1, 0.15) is 51.4 Å². The maximum absolute atomic E-state index is 12.5. The van der Waals surface area contributed by atoms with Crippen molar-refractivity contribution < 1.29 is 9.18 Å². The Labute approximate surface area is 146 Å². The van der Waals surface area contributed by atoms with Crippen LogP contribution in [0, 0.1) is 5.92 Å². The summed E-state index contributed by atoms with van der Waals surface area (Å²) in [7, 11) is 2.24. The fourth-order valence-electron chi connectivity index (χ4n) is 4.38. The van der Waals surface area contributed by atoms with Crippen LogP contribution in [-0.4, -0.2) is 79.1 Å². The molecule has 0 aromatic heterocycles. The lowest BCUT2D eigenvalue weighted by molar-refractivity contribution is -0.131. The van der Waals surface area contributed by atoms with E-state index in [-0.39, 0.29) is 12.2 Å². The minimum Gasteiger partial charge on any atom is -0.342 e. The van der Waals surface area contributed by atoms with E-state index in [1.807, 2.05) is 0 Å². The van der Waals surface area contributed by atoms with E-state index < -0.39 is 0 Å². The number of alkyl halides is 1. The summed E-state index contributed by atoms with van der Waals surface area (Å²) < 4.78 is 12.3. The van der Waals surface area contributed by atoms with E-state index in [0.29, 0.717) is 18.7 Å². The van der Waals surface area contributed by atoms with Crippen molar-refractivity contribution in [3.05, 3.63) is 0 Å². The molecule has 1 atom stereocenters. The first-order chi connectivity index (χ1) is 11.6. The Morgan fingerprint density at radius 3 is 2.71 bits per heavy atom. The highest BCUT2D eigenvalue weighted by atomic mass is 19.1. The van der Waals surface area contributed by atoms with Crippen molar-refractivity contribution in [2.75, 3.05) is 53.0 Å². The minimum absolute atomic E-state index is 0.159. The number of amides is 1. The van der Waals surface area contributed by atoms with Gasteiger partial charge < -0.3 is 9.80 Å². The molecule has 2 aliphatic heterocycles. The van der Waals surface area contributed by atoms with E-state index in [1.54, 1.807) is 0 Å². The monoisotopic (exact) mass is 339 g/mol. The van der Waals surface area contributed by atoms with E-state index in [9.17, 15) is 9.18 Å². The van der Waals surface area contributed by atoms with Crippen LogP contribution >= 0.6 is 0 Å². The van der Waals surface area contributed by atoms with Gasteiger partial charge in [-0.05, 0) is 64.5 Å². The molecule has 1 saturated carbocycles. The van der Waals surface area contributed by atoms with Crippen LogP contribution < -0.4 is 0 Å². The number of hydrogen-bond acceptors (Lipinski definition) is 3. The number of halogens is 1. The van der Waals surface area contributed by atoms with Gasteiger partial charge in [-0.1, -0.05) is 0 Å². The van der Waals surface area contributed by atoms with Gasteiger partial charge in [0.1, 0.15) is 0 Å². The van der Waals surface area contributed by atoms with Crippen molar-refractivity contribution in [2.24, 2.45) is 5.92 Å². The Kier molecular flexibility index (Phi) is 6.14. The Balaban J connectivity index is 1.56. The second kappa shape index (κ2) is 8.13. The maximum atomic E-state index is 12.5. The summed E-state index contributed by atoms with van der Waals surface area (Å²) in [5.41, 5.74) is 0.159. The predicted octanol–water partition coefficient (Wildman–Crippen LogP) is 2.53. The van der Waals surface area contributed by atoms with Crippen molar-refractivity contribution in [3.8, 4) is 0 Å². The molecule has 0 N–H and O–H groups in total. The van der Waals surface area contributed by atoms with Crippen LogP contribution in [0.25, 0.3) is 0 Å². The molecule has 3 aliphatic rings. The lowest BCUT2D eigenvalue weighted by Crippen LogP contribution is -2.61. The van der Waals surface area contributed by atoms with E-state index in [2.05, 4.69) is 21.7 Å². The maximum Gasteiger partial charge on any atom is 0.222 e. The van der Waals surface area contributed by atoms with Gasteiger partial charge in [0.05, 0.1) is 6.67 Å². The number of carbonyl (C=O) groups excluding carboxylic acids is 1. The third-order valence-corrected chi connectivity index (χ3v) is 6.37. The van der Waals surface area contributed by atoms with Gasteiger partial charge in [0.15, 0.2) is 0 Å². The Morgan fingerprint density at radius 2 is 1.96 bits per heavy atom. The number of unbranched alkanes of at least 4 members (excludes halogenated alkanes) is 2. The lowest BCUT2D eigenvalue weighted by atomic mass is 9.86. The van der Waals surface area contributed by atoms with Crippen molar-refractivity contribution in [1.29, 1.82) is 0 Å². The predicted molar refractivity (Wildman–Crippen MR) is 94.8 cm³/mol. The van der Waals surface area contributed by atoms with Crippen LogP contribution in [0.5, 0.6) is 0 Å². The average Bonchev–Trinajstić information content (AvgIpc) is 3.40. The molecular weight excluding hydrogens is 305 g/mol. The van der Waals surface area contributed by atoms with E-state index in [1.165, 1.54) is 12.8 Å². The van der Waals surface area contributed by atoms with Crippen LogP contribution in [0.2, 0.25) is 0 Å². The molecule has 2 saturated heterocycles. The van der Waals surface area contributed by atoms with Crippen LogP contribution in [0.3, 0.4) is 0 Å². The highest BCUT2D eigenvalue weighted by molar-refractivity contribution is 5.76. The van der Waals surface area contributed by atoms with E-state index in [0.717, 1.165) is 70.9 Å². The molecule has 0 bridgehead atoms. The van der Waals surface area contributed by atoms with Gasteiger partial charge in [0.25, 0.3) is 0 Å². The smallest absolute Gasteiger partial charge is 0.222 e. The third kappa shape index (κ3) is 4.48. The molecule has 3 fully saturated rings.